The molecule has 0 unspecified atom stereocenters. The fraction of sp³-hybridized carbons (Fsp3) is 0.625. The summed E-state index contributed by atoms with van der Waals surface area (Å²) in [7, 11) is 0. The van der Waals surface area contributed by atoms with Crippen LogP contribution in [0, 0.1) is 0 Å². The van der Waals surface area contributed by atoms with Gasteiger partial charge in [-0.05, 0) is 39.8 Å². The van der Waals surface area contributed by atoms with Crippen LogP contribution >= 0.6 is 0 Å². The Morgan fingerprint density at radius 1 is 0.941 bits per heavy atom. The van der Waals surface area contributed by atoms with Crippen LogP contribution in [0.15, 0.2) is 35.3 Å². The van der Waals surface area contributed by atoms with Gasteiger partial charge in [-0.2, -0.15) is 0 Å². The molecule has 0 saturated heterocycles. The molecular formula is C16H32O. The fourth-order valence-corrected chi connectivity index (χ4v) is 0.860. The largest absolute Gasteiger partial charge is 0.467 e. The molecule has 17 heavy (non-hydrogen) atoms. The minimum absolute atomic E-state index is 0.941. The minimum Gasteiger partial charge on any atom is -0.467 e. The lowest BCUT2D eigenvalue weighted by molar-refractivity contribution is 0.295. The van der Waals surface area contributed by atoms with E-state index in [1.54, 1.807) is 0 Å². The Kier molecular flexibility index (Phi) is 21.8. The number of hydrogen-bond donors (Lipinski definition) is 0. The van der Waals surface area contributed by atoms with Gasteiger partial charge in [-0.1, -0.05) is 46.3 Å². The van der Waals surface area contributed by atoms with E-state index in [1.807, 2.05) is 53.7 Å². The van der Waals surface area contributed by atoms with Crippen LogP contribution in [-0.4, -0.2) is 0 Å². The number of ether oxygens (including phenoxy) is 1. The van der Waals surface area contributed by atoms with Gasteiger partial charge >= 0.3 is 0 Å². The zero-order chi connectivity index (χ0) is 14.3. The Bertz CT molecular complexity index is 228. The Morgan fingerprint density at radius 2 is 1.41 bits per heavy atom. The molecular weight excluding hydrogens is 208 g/mol. The maximum absolute atomic E-state index is 5.58. The molecule has 0 atom stereocenters. The summed E-state index contributed by atoms with van der Waals surface area (Å²) in [6.07, 6.45) is 6.99. The van der Waals surface area contributed by atoms with E-state index >= 15 is 0 Å². The van der Waals surface area contributed by atoms with Gasteiger partial charge < -0.3 is 4.74 Å². The highest BCUT2D eigenvalue weighted by molar-refractivity contribution is 5.12. The molecule has 0 aliphatic carbocycles. The van der Waals surface area contributed by atoms with Crippen molar-refractivity contribution in [2.45, 2.75) is 68.7 Å². The molecule has 0 aromatic carbocycles. The van der Waals surface area contributed by atoms with Crippen molar-refractivity contribution in [1.29, 1.82) is 0 Å². The predicted octanol–water partition coefficient (Wildman–Crippen LogP) is 6.24. The van der Waals surface area contributed by atoms with E-state index in [4.69, 9.17) is 4.74 Å². The maximum atomic E-state index is 5.58. The van der Waals surface area contributed by atoms with Crippen molar-refractivity contribution in [1.82, 2.24) is 0 Å². The van der Waals surface area contributed by atoms with Gasteiger partial charge in [0, 0.05) is 6.42 Å². The van der Waals surface area contributed by atoms with E-state index in [1.165, 1.54) is 5.57 Å². The lowest BCUT2D eigenvalue weighted by Crippen LogP contribution is -1.87. The Morgan fingerprint density at radius 3 is 1.71 bits per heavy atom. The number of hydrogen-bond acceptors (Lipinski definition) is 1. The van der Waals surface area contributed by atoms with Gasteiger partial charge in [-0.15, -0.1) is 0 Å². The molecule has 0 aliphatic rings. The molecule has 1 nitrogen and oxygen atoms in total. The van der Waals surface area contributed by atoms with Gasteiger partial charge in [0.25, 0.3) is 0 Å². The molecule has 0 radical (unpaired) electrons. The lowest BCUT2D eigenvalue weighted by atomic mass is 10.3. The SMILES string of the molecule is C/C=C(\CC)O/C(C)=C/C=C(C)C.CC.CC. The molecule has 0 aliphatic heterocycles. The van der Waals surface area contributed by atoms with Crippen molar-refractivity contribution < 1.29 is 4.74 Å². The van der Waals surface area contributed by atoms with Crippen LogP contribution in [0.4, 0.5) is 0 Å². The standard InChI is InChI=1S/C12H20O.2C2H6/c1-6-12(7-2)13-11(5)9-8-10(3)4;2*1-2/h6,8-9H,7H2,1-5H3;2*1-2H3/b11-9+,12-6+;;. The van der Waals surface area contributed by atoms with Gasteiger partial charge in [0.05, 0.1) is 5.76 Å². The molecule has 0 bridgehead atoms. The first kappa shape index (κ1) is 21.3. The van der Waals surface area contributed by atoms with E-state index in [0.717, 1.165) is 17.9 Å². The quantitative estimate of drug-likeness (QED) is 0.417. The monoisotopic (exact) mass is 240 g/mol. The summed E-state index contributed by atoms with van der Waals surface area (Å²) in [5.41, 5.74) is 1.28. The third-order valence-electron chi connectivity index (χ3n) is 1.61. The van der Waals surface area contributed by atoms with E-state index < -0.39 is 0 Å². The number of rotatable bonds is 4. The van der Waals surface area contributed by atoms with Crippen LogP contribution in [0.5, 0.6) is 0 Å². The summed E-state index contributed by atoms with van der Waals surface area (Å²) in [5.74, 6) is 1.96. The molecule has 0 amide bonds. The summed E-state index contributed by atoms with van der Waals surface area (Å²) < 4.78 is 5.58. The fourth-order valence-electron chi connectivity index (χ4n) is 0.860. The van der Waals surface area contributed by atoms with Gasteiger partial charge in [0.15, 0.2) is 0 Å². The minimum atomic E-state index is 0.941. The Hall–Kier alpha value is -0.980. The normalized spacial score (nSPS) is 10.4. The lowest BCUT2D eigenvalue weighted by Gasteiger charge is -2.06. The maximum Gasteiger partial charge on any atom is 0.100 e. The summed E-state index contributed by atoms with van der Waals surface area (Å²) >= 11 is 0. The highest BCUT2D eigenvalue weighted by Crippen LogP contribution is 2.09. The zero-order valence-corrected chi connectivity index (χ0v) is 13.3. The molecule has 0 heterocycles. The van der Waals surface area contributed by atoms with Crippen LogP contribution in [0.1, 0.15) is 68.7 Å². The molecule has 0 N–H and O–H groups in total. The van der Waals surface area contributed by atoms with Gasteiger partial charge in [-0.3, -0.25) is 0 Å². The van der Waals surface area contributed by atoms with Gasteiger partial charge in [-0.25, -0.2) is 0 Å². The Balaban J connectivity index is -0.000000439. The summed E-state index contributed by atoms with van der Waals surface area (Å²) in [6, 6.07) is 0. The third-order valence-corrected chi connectivity index (χ3v) is 1.61. The predicted molar refractivity (Wildman–Crippen MR) is 81.0 cm³/mol. The van der Waals surface area contributed by atoms with E-state index in [9.17, 15) is 0 Å². The van der Waals surface area contributed by atoms with E-state index in [-0.39, 0.29) is 0 Å². The van der Waals surface area contributed by atoms with Crippen molar-refractivity contribution in [2.24, 2.45) is 0 Å². The first-order valence-electron chi connectivity index (χ1n) is 6.75. The second-order valence-electron chi connectivity index (χ2n) is 3.23. The van der Waals surface area contributed by atoms with E-state index in [0.29, 0.717) is 0 Å². The molecule has 0 aromatic rings. The van der Waals surface area contributed by atoms with Crippen LogP contribution in [-0.2, 0) is 4.74 Å². The molecule has 0 fully saturated rings. The molecule has 1 heteroatoms. The highest BCUT2D eigenvalue weighted by Gasteiger charge is 1.93. The van der Waals surface area contributed by atoms with Crippen molar-refractivity contribution in [3.8, 4) is 0 Å². The first-order chi connectivity index (χ1) is 8.10. The van der Waals surface area contributed by atoms with Crippen molar-refractivity contribution in [3.63, 3.8) is 0 Å². The summed E-state index contributed by atoms with van der Waals surface area (Å²) in [6.45, 7) is 18.2. The van der Waals surface area contributed by atoms with Crippen LogP contribution in [0.25, 0.3) is 0 Å². The molecule has 0 rings (SSSR count). The van der Waals surface area contributed by atoms with Crippen LogP contribution < -0.4 is 0 Å². The van der Waals surface area contributed by atoms with Crippen molar-refractivity contribution in [2.75, 3.05) is 0 Å². The first-order valence-corrected chi connectivity index (χ1v) is 6.75. The topological polar surface area (TPSA) is 9.23 Å². The smallest absolute Gasteiger partial charge is 0.100 e. The molecule has 0 aromatic heterocycles. The molecule has 0 spiro atoms. The Labute approximate surface area is 109 Å². The van der Waals surface area contributed by atoms with Crippen molar-refractivity contribution in [3.05, 3.63) is 35.3 Å². The van der Waals surface area contributed by atoms with Crippen LogP contribution in [0.2, 0.25) is 0 Å². The average molecular weight is 240 g/mol. The van der Waals surface area contributed by atoms with E-state index in [2.05, 4.69) is 26.8 Å². The number of allylic oxidation sites excluding steroid dienone is 6. The second-order valence-corrected chi connectivity index (χ2v) is 3.23. The molecule has 102 valence electrons. The average Bonchev–Trinajstić information content (AvgIpc) is 2.38. The highest BCUT2D eigenvalue weighted by atomic mass is 16.5. The third kappa shape index (κ3) is 17.6. The van der Waals surface area contributed by atoms with Crippen molar-refractivity contribution >= 4 is 0 Å². The summed E-state index contributed by atoms with van der Waals surface area (Å²) in [5, 5.41) is 0. The summed E-state index contributed by atoms with van der Waals surface area (Å²) in [4.78, 5) is 0. The second kappa shape index (κ2) is 17.4. The van der Waals surface area contributed by atoms with Crippen LogP contribution in [0.3, 0.4) is 0 Å². The van der Waals surface area contributed by atoms with Gasteiger partial charge in [0.2, 0.25) is 0 Å². The zero-order valence-electron chi connectivity index (χ0n) is 13.3. The molecule has 0 saturated carbocycles. The van der Waals surface area contributed by atoms with Gasteiger partial charge in [0.1, 0.15) is 5.76 Å².